The highest BCUT2D eigenvalue weighted by molar-refractivity contribution is 9.10. The number of hydrogen-bond acceptors (Lipinski definition) is 2. The van der Waals surface area contributed by atoms with Crippen molar-refractivity contribution in [2.75, 3.05) is 13.1 Å². The summed E-state index contributed by atoms with van der Waals surface area (Å²) in [5, 5.41) is 12.0. The number of quaternary nitrogens is 1. The van der Waals surface area contributed by atoms with Crippen molar-refractivity contribution in [3.63, 3.8) is 0 Å². The van der Waals surface area contributed by atoms with Gasteiger partial charge in [-0.15, -0.1) is 0 Å². The molecular weight excluding hydrogens is 366 g/mol. The molecule has 0 amide bonds. The Balaban J connectivity index is 0.00000242. The summed E-state index contributed by atoms with van der Waals surface area (Å²) in [6, 6.07) is 17.0. The Morgan fingerprint density at radius 1 is 1.09 bits per heavy atom. The molecule has 0 aliphatic heterocycles. The van der Waals surface area contributed by atoms with E-state index in [1.54, 1.807) is 0 Å². The standard InChI is InChI=1S/C17H18BrNO2.ClH/c18-15-8-6-14(7-9-15)16(20)10-11-19-12-17(21)13-4-2-1-3-5-13;/h1-9,17,19,21H,10-12H2;1H. The molecule has 1 unspecified atom stereocenters. The molecule has 2 rings (SSSR count). The molecule has 5 heteroatoms. The highest BCUT2D eigenvalue weighted by atomic mass is 79.9. The predicted octanol–water partition coefficient (Wildman–Crippen LogP) is -0.677. The maximum absolute atomic E-state index is 12.0. The number of aliphatic hydroxyl groups is 1. The van der Waals surface area contributed by atoms with E-state index in [-0.39, 0.29) is 18.2 Å². The van der Waals surface area contributed by atoms with Crippen molar-refractivity contribution in [2.24, 2.45) is 0 Å². The summed E-state index contributed by atoms with van der Waals surface area (Å²) < 4.78 is 0.969. The van der Waals surface area contributed by atoms with Crippen LogP contribution in [0.25, 0.3) is 0 Å². The third-order valence-corrected chi connectivity index (χ3v) is 3.84. The monoisotopic (exact) mass is 383 g/mol. The van der Waals surface area contributed by atoms with Crippen molar-refractivity contribution in [3.8, 4) is 0 Å². The van der Waals surface area contributed by atoms with Crippen LogP contribution in [-0.4, -0.2) is 24.0 Å². The Labute approximate surface area is 145 Å². The Hall–Kier alpha value is -1.20. The molecule has 0 saturated heterocycles. The fraction of sp³-hybridized carbons (Fsp3) is 0.235. The minimum absolute atomic E-state index is 0. The number of ketones is 1. The summed E-state index contributed by atoms with van der Waals surface area (Å²) >= 11 is 3.35. The Bertz CT molecular complexity index is 575. The lowest BCUT2D eigenvalue weighted by Crippen LogP contribution is -3.00. The topological polar surface area (TPSA) is 53.9 Å². The first-order chi connectivity index (χ1) is 10.2. The molecule has 22 heavy (non-hydrogen) atoms. The van der Waals surface area contributed by atoms with E-state index in [4.69, 9.17) is 0 Å². The maximum Gasteiger partial charge on any atom is 0.168 e. The molecule has 0 spiro atoms. The van der Waals surface area contributed by atoms with Gasteiger partial charge in [-0.2, -0.15) is 0 Å². The van der Waals surface area contributed by atoms with Gasteiger partial charge in [-0.3, -0.25) is 4.79 Å². The first kappa shape index (κ1) is 18.8. The van der Waals surface area contributed by atoms with Crippen LogP contribution < -0.4 is 17.7 Å². The first-order valence-corrected chi connectivity index (χ1v) is 7.79. The lowest BCUT2D eigenvalue weighted by atomic mass is 10.1. The lowest BCUT2D eigenvalue weighted by molar-refractivity contribution is -0.660. The van der Waals surface area contributed by atoms with Crippen molar-refractivity contribution in [1.29, 1.82) is 0 Å². The molecule has 0 heterocycles. The summed E-state index contributed by atoms with van der Waals surface area (Å²) in [6.07, 6.45) is -0.0163. The van der Waals surface area contributed by atoms with Gasteiger partial charge in [0.2, 0.25) is 0 Å². The van der Waals surface area contributed by atoms with Gasteiger partial charge in [0, 0.05) is 10.0 Å². The zero-order chi connectivity index (χ0) is 15.1. The first-order valence-electron chi connectivity index (χ1n) is 7.00. The predicted molar refractivity (Wildman–Crippen MR) is 86.2 cm³/mol. The van der Waals surface area contributed by atoms with Gasteiger partial charge < -0.3 is 22.8 Å². The molecule has 0 saturated carbocycles. The number of aliphatic hydroxyl groups excluding tert-OH is 1. The van der Waals surface area contributed by atoms with Gasteiger partial charge in [0.25, 0.3) is 0 Å². The lowest BCUT2D eigenvalue weighted by Gasteiger charge is -2.09. The van der Waals surface area contributed by atoms with E-state index in [9.17, 15) is 9.90 Å². The third kappa shape index (κ3) is 5.89. The normalized spacial score (nSPS) is 11.5. The van der Waals surface area contributed by atoms with Crippen molar-refractivity contribution in [1.82, 2.24) is 0 Å². The van der Waals surface area contributed by atoms with Crippen molar-refractivity contribution in [3.05, 3.63) is 70.2 Å². The van der Waals surface area contributed by atoms with Crippen LogP contribution >= 0.6 is 15.9 Å². The molecule has 0 aliphatic rings. The summed E-state index contributed by atoms with van der Waals surface area (Å²) in [5.41, 5.74) is 1.64. The zero-order valence-corrected chi connectivity index (χ0v) is 14.4. The fourth-order valence-corrected chi connectivity index (χ4v) is 2.36. The number of nitrogens with two attached hydrogens (primary N) is 1. The van der Waals surface area contributed by atoms with E-state index in [1.165, 1.54) is 0 Å². The van der Waals surface area contributed by atoms with E-state index in [1.807, 2.05) is 59.9 Å². The fourth-order valence-electron chi connectivity index (χ4n) is 2.10. The largest absolute Gasteiger partial charge is 1.00 e. The number of benzene rings is 2. The van der Waals surface area contributed by atoms with Crippen molar-refractivity contribution < 1.29 is 27.6 Å². The second kappa shape index (κ2) is 9.74. The third-order valence-electron chi connectivity index (χ3n) is 3.32. The highest BCUT2D eigenvalue weighted by Gasteiger charge is 2.10. The van der Waals surface area contributed by atoms with Gasteiger partial charge in [0.05, 0.1) is 13.0 Å². The molecule has 3 nitrogen and oxygen atoms in total. The van der Waals surface area contributed by atoms with Gasteiger partial charge >= 0.3 is 0 Å². The van der Waals surface area contributed by atoms with Crippen molar-refractivity contribution >= 4 is 21.7 Å². The minimum atomic E-state index is -0.492. The summed E-state index contributed by atoms with van der Waals surface area (Å²) in [4.78, 5) is 12.0. The molecular formula is C17H19BrClNO2. The number of carbonyl (C=O) groups is 1. The van der Waals surface area contributed by atoms with Gasteiger partial charge in [0.1, 0.15) is 12.6 Å². The Kier molecular flexibility index (Phi) is 8.35. The van der Waals surface area contributed by atoms with E-state index in [0.717, 1.165) is 15.6 Å². The van der Waals surface area contributed by atoms with E-state index in [2.05, 4.69) is 15.9 Å². The molecule has 0 aromatic heterocycles. The molecule has 118 valence electrons. The molecule has 0 fully saturated rings. The van der Waals surface area contributed by atoms with E-state index >= 15 is 0 Å². The van der Waals surface area contributed by atoms with Crippen LogP contribution in [0.4, 0.5) is 0 Å². The summed E-state index contributed by atoms with van der Waals surface area (Å²) in [6.45, 7) is 1.25. The average molecular weight is 385 g/mol. The van der Waals surface area contributed by atoms with E-state index < -0.39 is 6.10 Å². The van der Waals surface area contributed by atoms with Crippen LogP contribution in [-0.2, 0) is 0 Å². The van der Waals surface area contributed by atoms with Gasteiger partial charge in [-0.25, -0.2) is 0 Å². The average Bonchev–Trinajstić information content (AvgIpc) is 2.52. The highest BCUT2D eigenvalue weighted by Crippen LogP contribution is 2.12. The SMILES string of the molecule is O=C(CC[NH2+]CC(O)c1ccccc1)c1ccc(Br)cc1.[Cl-]. The summed E-state index contributed by atoms with van der Waals surface area (Å²) in [7, 11) is 0. The zero-order valence-electron chi connectivity index (χ0n) is 12.1. The van der Waals surface area contributed by atoms with Crippen molar-refractivity contribution in [2.45, 2.75) is 12.5 Å². The number of rotatable bonds is 7. The summed E-state index contributed by atoms with van der Waals surface area (Å²) in [5.74, 6) is 0.132. The van der Waals surface area contributed by atoms with Gasteiger partial charge in [-0.1, -0.05) is 58.4 Å². The molecule has 0 bridgehead atoms. The molecule has 0 radical (unpaired) electrons. The number of Topliss-reactive ketones (excluding diaryl/α,β-unsaturated/α-hetero) is 1. The second-order valence-corrected chi connectivity index (χ2v) is 5.84. The quantitative estimate of drug-likeness (QED) is 0.491. The smallest absolute Gasteiger partial charge is 0.168 e. The Morgan fingerprint density at radius 3 is 2.36 bits per heavy atom. The molecule has 1 atom stereocenters. The molecule has 0 aliphatic carbocycles. The van der Waals surface area contributed by atoms with Crippen LogP contribution in [0.2, 0.25) is 0 Å². The van der Waals surface area contributed by atoms with Gasteiger partial charge in [-0.05, 0) is 17.7 Å². The minimum Gasteiger partial charge on any atom is -1.00 e. The molecule has 2 aromatic rings. The van der Waals surface area contributed by atoms with Gasteiger partial charge in [0.15, 0.2) is 5.78 Å². The van der Waals surface area contributed by atoms with Crippen LogP contribution in [0.15, 0.2) is 59.1 Å². The Morgan fingerprint density at radius 2 is 1.73 bits per heavy atom. The van der Waals surface area contributed by atoms with Crippen LogP contribution in [0.3, 0.4) is 0 Å². The van der Waals surface area contributed by atoms with Crippen LogP contribution in [0.5, 0.6) is 0 Å². The number of halogens is 2. The van der Waals surface area contributed by atoms with E-state index in [0.29, 0.717) is 19.5 Å². The molecule has 2 aromatic carbocycles. The van der Waals surface area contributed by atoms with Crippen LogP contribution in [0.1, 0.15) is 28.4 Å². The van der Waals surface area contributed by atoms with Crippen LogP contribution in [0, 0.1) is 0 Å². The number of hydrogen-bond donors (Lipinski definition) is 2. The second-order valence-electron chi connectivity index (χ2n) is 4.92. The molecule has 3 N–H and O–H groups in total. The number of carbonyl (C=O) groups excluding carboxylic acids is 1. The maximum atomic E-state index is 12.0.